The summed E-state index contributed by atoms with van der Waals surface area (Å²) >= 11 is 18.1. The normalized spacial score (nSPS) is 20.0. The van der Waals surface area contributed by atoms with Crippen LogP contribution in [0.25, 0.3) is 5.52 Å². The molecule has 0 aliphatic carbocycles. The van der Waals surface area contributed by atoms with Gasteiger partial charge in [-0.2, -0.15) is 13.2 Å². The van der Waals surface area contributed by atoms with E-state index in [0.29, 0.717) is 22.2 Å². The summed E-state index contributed by atoms with van der Waals surface area (Å²) in [6.07, 6.45) is -3.94. The Hall–Kier alpha value is -3.22. The van der Waals surface area contributed by atoms with Crippen LogP contribution in [0.1, 0.15) is 66.0 Å². The Labute approximate surface area is 265 Å². The second kappa shape index (κ2) is 10.7. The highest BCUT2D eigenvalue weighted by Gasteiger charge is 2.62. The average Bonchev–Trinajstić information content (AvgIpc) is 3.68. The third-order valence-corrected chi connectivity index (χ3v) is 9.31. The van der Waals surface area contributed by atoms with Gasteiger partial charge in [-0.1, -0.05) is 58.2 Å². The lowest BCUT2D eigenvalue weighted by Crippen LogP contribution is -2.42. The fourth-order valence-corrected chi connectivity index (χ4v) is 6.36. The summed E-state index contributed by atoms with van der Waals surface area (Å²) < 4.78 is 50.9. The van der Waals surface area contributed by atoms with Crippen LogP contribution in [0.5, 0.6) is 0 Å². The van der Waals surface area contributed by atoms with Gasteiger partial charge in [-0.15, -0.1) is 0 Å². The van der Waals surface area contributed by atoms with E-state index in [4.69, 9.17) is 44.3 Å². The zero-order chi connectivity index (χ0) is 31.8. The molecule has 0 radical (unpaired) electrons. The molecule has 2 atom stereocenters. The number of hydrogen-bond acceptors (Lipinski definition) is 5. The minimum absolute atomic E-state index is 0.00730. The number of nitrogens with one attached hydrogen (secondary N) is 1. The second-order valence-electron chi connectivity index (χ2n) is 11.3. The fourth-order valence-electron chi connectivity index (χ4n) is 5.76. The van der Waals surface area contributed by atoms with Crippen LogP contribution in [0.2, 0.25) is 15.1 Å². The van der Waals surface area contributed by atoms with Gasteiger partial charge in [-0.3, -0.25) is 4.79 Å². The number of pyridine rings is 1. The molecule has 2 aliphatic heterocycles. The lowest BCUT2D eigenvalue weighted by molar-refractivity contribution is -0.275. The highest BCUT2D eigenvalue weighted by molar-refractivity contribution is 6.62. The average molecular weight is 665 g/mol. The summed E-state index contributed by atoms with van der Waals surface area (Å²) in [6, 6.07) is 13.7. The van der Waals surface area contributed by atoms with Crippen molar-refractivity contribution in [2.24, 2.45) is 5.16 Å². The number of alkyl halides is 3. The van der Waals surface area contributed by atoms with Crippen LogP contribution in [0, 0.1) is 0 Å². The molecule has 0 bridgehead atoms. The monoisotopic (exact) mass is 663 g/mol. The Bertz CT molecular complexity index is 1840. The molecule has 1 amide bonds. The van der Waals surface area contributed by atoms with E-state index in [1.54, 1.807) is 22.7 Å². The third kappa shape index (κ3) is 4.95. The van der Waals surface area contributed by atoms with Crippen molar-refractivity contribution in [1.29, 1.82) is 0 Å². The van der Waals surface area contributed by atoms with E-state index < -0.39 is 42.9 Å². The number of rotatable bonds is 5. The molecular formula is C30H24BCl3F3N3O4. The molecule has 2 unspecified atom stereocenters. The van der Waals surface area contributed by atoms with Crippen LogP contribution in [0.3, 0.4) is 0 Å². The number of carbonyl (C=O) groups is 1. The first kappa shape index (κ1) is 30.8. The number of nitrogens with zero attached hydrogens (tertiary/aromatic N) is 2. The van der Waals surface area contributed by atoms with Crippen molar-refractivity contribution in [3.8, 4) is 0 Å². The van der Waals surface area contributed by atoms with E-state index in [-0.39, 0.29) is 26.3 Å². The maximum absolute atomic E-state index is 14.6. The fraction of sp³-hybridized carbons (Fsp3) is 0.267. The van der Waals surface area contributed by atoms with Crippen molar-refractivity contribution in [3.05, 3.63) is 104 Å². The van der Waals surface area contributed by atoms with E-state index >= 15 is 0 Å². The molecule has 228 valence electrons. The van der Waals surface area contributed by atoms with Crippen LogP contribution in [-0.2, 0) is 20.7 Å². The Kier molecular flexibility index (Phi) is 7.49. The summed E-state index contributed by atoms with van der Waals surface area (Å²) in [5, 5.41) is 16.8. The maximum Gasteiger partial charge on any atom is 0.492 e. The number of carbonyl (C=O) groups excluding carboxylic acids is 1. The summed E-state index contributed by atoms with van der Waals surface area (Å²) in [5.41, 5.74) is -0.478. The second-order valence-corrected chi connectivity index (χ2v) is 12.5. The van der Waals surface area contributed by atoms with Gasteiger partial charge < -0.3 is 24.2 Å². The summed E-state index contributed by atoms with van der Waals surface area (Å²) in [6.45, 7) is 5.55. The van der Waals surface area contributed by atoms with Gasteiger partial charge in [0.15, 0.2) is 0 Å². The minimum atomic E-state index is -4.89. The Morgan fingerprint density at radius 3 is 2.50 bits per heavy atom. The van der Waals surface area contributed by atoms with Gasteiger partial charge >= 0.3 is 13.3 Å². The Morgan fingerprint density at radius 2 is 1.82 bits per heavy atom. The van der Waals surface area contributed by atoms with Crippen LogP contribution in [0.15, 0.2) is 65.9 Å². The Morgan fingerprint density at radius 1 is 1.11 bits per heavy atom. The molecule has 4 aromatic rings. The number of fused-ring (bicyclic) bond motifs is 2. The summed E-state index contributed by atoms with van der Waals surface area (Å²) in [4.78, 5) is 18.6. The van der Waals surface area contributed by atoms with Crippen molar-refractivity contribution in [2.75, 3.05) is 0 Å². The van der Waals surface area contributed by atoms with Crippen LogP contribution in [0.4, 0.5) is 13.2 Å². The number of oxime groups is 1. The van der Waals surface area contributed by atoms with Gasteiger partial charge in [0.05, 0.1) is 49.9 Å². The lowest BCUT2D eigenvalue weighted by atomic mass is 9.77. The first-order valence-corrected chi connectivity index (χ1v) is 14.6. The number of hydrogen-bond donors (Lipinski definition) is 2. The van der Waals surface area contributed by atoms with E-state index in [1.165, 1.54) is 12.1 Å². The molecule has 7 nitrogen and oxygen atoms in total. The molecule has 2 aromatic heterocycles. The van der Waals surface area contributed by atoms with Crippen LogP contribution < -0.4 is 10.8 Å². The zero-order valence-corrected chi connectivity index (χ0v) is 25.7. The smallest absolute Gasteiger partial charge is 0.423 e. The maximum atomic E-state index is 14.6. The predicted molar refractivity (Wildman–Crippen MR) is 163 cm³/mol. The highest BCUT2D eigenvalue weighted by Crippen LogP contribution is 2.50. The SMILES string of the molecule is CC(NC(=O)c1ccc(C2=NOC(c3cc(Cl)c(Cl)c(Cl)c3)(C(F)(F)F)C2)n2cccc12)c1ccc2c(c1)B(O)OC2(C)C. The molecule has 0 saturated carbocycles. The molecule has 0 spiro atoms. The van der Waals surface area contributed by atoms with E-state index in [2.05, 4.69) is 10.5 Å². The lowest BCUT2D eigenvalue weighted by Gasteiger charge is -2.30. The molecule has 4 heterocycles. The molecule has 2 aliphatic rings. The van der Waals surface area contributed by atoms with Crippen LogP contribution in [-0.4, -0.2) is 34.3 Å². The van der Waals surface area contributed by atoms with Crippen molar-refractivity contribution in [1.82, 2.24) is 9.72 Å². The molecule has 6 rings (SSSR count). The molecule has 2 aromatic carbocycles. The van der Waals surface area contributed by atoms with Gasteiger partial charge in [-0.25, -0.2) is 0 Å². The van der Waals surface area contributed by atoms with Crippen molar-refractivity contribution >= 4 is 64.5 Å². The standard InChI is InChI=1S/C30H24BCl3F3N3O4/c1-15(16-6-8-19-20(11-16)31(42)43-28(19,2)3)38-27(41)18-7-9-25(40-10-4-5-24(18)40)23-14-29(44-39-23,30(35,36)37)17-12-21(32)26(34)22(33)13-17/h4-13,15,42H,14H2,1-3H3,(H,38,41). The van der Waals surface area contributed by atoms with Gasteiger partial charge in [0.25, 0.3) is 11.5 Å². The molecule has 14 heteroatoms. The van der Waals surface area contributed by atoms with Crippen LogP contribution >= 0.6 is 34.8 Å². The number of benzene rings is 2. The largest absolute Gasteiger partial charge is 0.492 e. The Balaban J connectivity index is 1.28. The zero-order valence-electron chi connectivity index (χ0n) is 23.5. The summed E-state index contributed by atoms with van der Waals surface area (Å²) in [7, 11) is -1.07. The molecular weight excluding hydrogens is 641 g/mol. The molecule has 0 saturated heterocycles. The molecule has 0 fully saturated rings. The van der Waals surface area contributed by atoms with E-state index in [1.807, 2.05) is 39.0 Å². The van der Waals surface area contributed by atoms with E-state index in [0.717, 1.165) is 23.3 Å². The minimum Gasteiger partial charge on any atom is -0.423 e. The number of amides is 1. The highest BCUT2D eigenvalue weighted by atomic mass is 35.5. The first-order chi connectivity index (χ1) is 20.6. The van der Waals surface area contributed by atoms with Crippen molar-refractivity contribution in [2.45, 2.75) is 50.6 Å². The van der Waals surface area contributed by atoms with Crippen molar-refractivity contribution < 1.29 is 32.5 Å². The van der Waals surface area contributed by atoms with Gasteiger partial charge in [-0.05, 0) is 73.8 Å². The number of aromatic nitrogens is 1. The van der Waals surface area contributed by atoms with Gasteiger partial charge in [0.2, 0.25) is 0 Å². The van der Waals surface area contributed by atoms with Crippen molar-refractivity contribution in [3.63, 3.8) is 0 Å². The topological polar surface area (TPSA) is 84.6 Å². The quantitative estimate of drug-likeness (QED) is 0.179. The molecule has 44 heavy (non-hydrogen) atoms. The van der Waals surface area contributed by atoms with Gasteiger partial charge in [0.1, 0.15) is 5.71 Å². The van der Waals surface area contributed by atoms with E-state index in [9.17, 15) is 23.0 Å². The van der Waals surface area contributed by atoms with Gasteiger partial charge in [0, 0.05) is 11.8 Å². The number of halogens is 6. The molecule has 2 N–H and O–H groups in total. The predicted octanol–water partition coefficient (Wildman–Crippen LogP) is 6.93. The summed E-state index contributed by atoms with van der Waals surface area (Å²) in [5.74, 6) is -0.398. The third-order valence-electron chi connectivity index (χ3n) is 8.11. The first-order valence-electron chi connectivity index (χ1n) is 13.5.